The number of hydrogen-bond donors (Lipinski definition) is 0. The lowest BCUT2D eigenvalue weighted by Crippen LogP contribution is -1.88. The second kappa shape index (κ2) is 2.63. The molecule has 0 unspecified atom stereocenters. The molecule has 0 spiro atoms. The molecule has 0 aliphatic rings. The lowest BCUT2D eigenvalue weighted by atomic mass is 10.3. The minimum Gasteiger partial charge on any atom is -0.303 e. The molecule has 2 heteroatoms. The van der Waals surface area contributed by atoms with Crippen LogP contribution in [-0.4, -0.2) is 9.38 Å². The third-order valence-electron chi connectivity index (χ3n) is 2.14. The Morgan fingerprint density at radius 1 is 1.38 bits per heavy atom. The van der Waals surface area contributed by atoms with Gasteiger partial charge in [0.2, 0.25) is 0 Å². The average molecular weight is 170 g/mol. The maximum atomic E-state index is 5.33. The van der Waals surface area contributed by atoms with E-state index in [9.17, 15) is 0 Å². The summed E-state index contributed by atoms with van der Waals surface area (Å²) < 4.78 is 2.02. The van der Waals surface area contributed by atoms with Crippen molar-refractivity contribution in [2.24, 2.45) is 0 Å². The van der Waals surface area contributed by atoms with Gasteiger partial charge in [-0.1, -0.05) is 6.07 Å². The lowest BCUT2D eigenvalue weighted by Gasteiger charge is -1.96. The van der Waals surface area contributed by atoms with Gasteiger partial charge in [-0.25, -0.2) is 4.98 Å². The smallest absolute Gasteiger partial charge is 0.138 e. The van der Waals surface area contributed by atoms with Crippen LogP contribution in [0.4, 0.5) is 0 Å². The van der Waals surface area contributed by atoms with Crippen LogP contribution in [0.25, 0.3) is 5.65 Å². The Hall–Kier alpha value is -1.75. The Labute approximate surface area is 77.2 Å². The number of aryl methyl sites for hydroxylation is 2. The molecule has 2 aromatic rings. The molecule has 2 rings (SSSR count). The molecular weight excluding hydrogens is 160 g/mol. The van der Waals surface area contributed by atoms with Gasteiger partial charge in [0.15, 0.2) is 0 Å². The van der Waals surface area contributed by atoms with Crippen molar-refractivity contribution in [3.8, 4) is 12.3 Å². The predicted octanol–water partition coefficient (Wildman–Crippen LogP) is 1.93. The van der Waals surface area contributed by atoms with Crippen molar-refractivity contribution in [3.63, 3.8) is 0 Å². The number of terminal acetylenes is 1. The largest absolute Gasteiger partial charge is 0.303 e. The maximum absolute atomic E-state index is 5.33. The van der Waals surface area contributed by atoms with Crippen LogP contribution in [0, 0.1) is 26.2 Å². The molecule has 0 saturated heterocycles. The van der Waals surface area contributed by atoms with Crippen LogP contribution in [0.15, 0.2) is 18.3 Å². The summed E-state index contributed by atoms with van der Waals surface area (Å²) >= 11 is 0. The van der Waals surface area contributed by atoms with Crippen molar-refractivity contribution in [3.05, 3.63) is 35.3 Å². The average Bonchev–Trinajstić information content (AvgIpc) is 2.44. The first-order valence-electron chi connectivity index (χ1n) is 4.14. The van der Waals surface area contributed by atoms with Crippen molar-refractivity contribution in [2.45, 2.75) is 13.8 Å². The summed E-state index contributed by atoms with van der Waals surface area (Å²) in [5.41, 5.74) is 3.87. The van der Waals surface area contributed by atoms with E-state index in [4.69, 9.17) is 6.42 Å². The molecule has 0 amide bonds. The first-order chi connectivity index (χ1) is 6.22. The van der Waals surface area contributed by atoms with Crippen molar-refractivity contribution in [1.82, 2.24) is 9.38 Å². The van der Waals surface area contributed by atoms with E-state index in [1.54, 1.807) is 0 Å². The van der Waals surface area contributed by atoms with E-state index < -0.39 is 0 Å². The van der Waals surface area contributed by atoms with Gasteiger partial charge in [-0.2, -0.15) is 0 Å². The fraction of sp³-hybridized carbons (Fsp3) is 0.182. The highest BCUT2D eigenvalue weighted by atomic mass is 15.0. The van der Waals surface area contributed by atoms with E-state index in [2.05, 4.69) is 17.8 Å². The van der Waals surface area contributed by atoms with Crippen LogP contribution in [-0.2, 0) is 0 Å². The molecule has 0 bridgehead atoms. The van der Waals surface area contributed by atoms with Crippen LogP contribution in [0.1, 0.15) is 17.0 Å². The molecule has 0 aliphatic heterocycles. The SMILES string of the molecule is C#Cc1nc2ccc(C)cn2c1C. The summed E-state index contributed by atoms with van der Waals surface area (Å²) in [6, 6.07) is 4.01. The monoisotopic (exact) mass is 170 g/mol. The van der Waals surface area contributed by atoms with Crippen LogP contribution < -0.4 is 0 Å². The molecule has 0 saturated carbocycles. The Morgan fingerprint density at radius 2 is 2.15 bits per heavy atom. The van der Waals surface area contributed by atoms with Gasteiger partial charge in [-0.05, 0) is 31.4 Å². The fourth-order valence-corrected chi connectivity index (χ4v) is 1.41. The predicted molar refractivity (Wildman–Crippen MR) is 52.6 cm³/mol. The third kappa shape index (κ3) is 1.09. The van der Waals surface area contributed by atoms with Crippen molar-refractivity contribution in [2.75, 3.05) is 0 Å². The van der Waals surface area contributed by atoms with Gasteiger partial charge >= 0.3 is 0 Å². The van der Waals surface area contributed by atoms with Gasteiger partial charge in [0.25, 0.3) is 0 Å². The first kappa shape index (κ1) is 7.88. The molecule has 64 valence electrons. The topological polar surface area (TPSA) is 17.3 Å². The quantitative estimate of drug-likeness (QED) is 0.552. The number of aromatic nitrogens is 2. The van der Waals surface area contributed by atoms with Crippen molar-refractivity contribution >= 4 is 5.65 Å². The normalized spacial score (nSPS) is 10.2. The van der Waals surface area contributed by atoms with Crippen molar-refractivity contribution in [1.29, 1.82) is 0 Å². The van der Waals surface area contributed by atoms with E-state index in [1.165, 1.54) is 5.56 Å². The number of hydrogen-bond acceptors (Lipinski definition) is 1. The highest BCUT2D eigenvalue weighted by Crippen LogP contribution is 2.11. The maximum Gasteiger partial charge on any atom is 0.138 e. The van der Waals surface area contributed by atoms with Gasteiger partial charge in [0.05, 0.1) is 5.69 Å². The zero-order valence-electron chi connectivity index (χ0n) is 7.70. The number of rotatable bonds is 0. The second-order valence-electron chi connectivity index (χ2n) is 3.12. The number of imidazole rings is 1. The van der Waals surface area contributed by atoms with Gasteiger partial charge in [-0.3, -0.25) is 0 Å². The second-order valence-corrected chi connectivity index (χ2v) is 3.12. The lowest BCUT2D eigenvalue weighted by molar-refractivity contribution is 1.09. The van der Waals surface area contributed by atoms with Crippen LogP contribution in [0.5, 0.6) is 0 Å². The summed E-state index contributed by atoms with van der Waals surface area (Å²) in [6.07, 6.45) is 7.37. The molecule has 0 radical (unpaired) electrons. The molecule has 0 fully saturated rings. The molecule has 13 heavy (non-hydrogen) atoms. The van der Waals surface area contributed by atoms with Crippen LogP contribution in [0.2, 0.25) is 0 Å². The third-order valence-corrected chi connectivity index (χ3v) is 2.14. The molecule has 2 nitrogen and oxygen atoms in total. The Balaban J connectivity index is 2.87. The zero-order chi connectivity index (χ0) is 9.42. The fourth-order valence-electron chi connectivity index (χ4n) is 1.41. The van der Waals surface area contributed by atoms with E-state index in [-0.39, 0.29) is 0 Å². The minimum absolute atomic E-state index is 0.727. The molecule has 2 aromatic heterocycles. The highest BCUT2D eigenvalue weighted by Gasteiger charge is 2.04. The van der Waals surface area contributed by atoms with Gasteiger partial charge < -0.3 is 4.40 Å². The number of pyridine rings is 1. The summed E-state index contributed by atoms with van der Waals surface area (Å²) in [5.74, 6) is 2.57. The van der Waals surface area contributed by atoms with E-state index in [0.717, 1.165) is 17.0 Å². The van der Waals surface area contributed by atoms with Crippen LogP contribution in [0.3, 0.4) is 0 Å². The van der Waals surface area contributed by atoms with Gasteiger partial charge in [-0.15, -0.1) is 6.42 Å². The number of nitrogens with zero attached hydrogens (tertiary/aromatic N) is 2. The minimum atomic E-state index is 0.727. The molecule has 0 N–H and O–H groups in total. The van der Waals surface area contributed by atoms with E-state index in [0.29, 0.717) is 0 Å². The molecule has 0 atom stereocenters. The molecule has 0 aliphatic carbocycles. The summed E-state index contributed by atoms with van der Waals surface area (Å²) in [7, 11) is 0. The van der Waals surface area contributed by atoms with Gasteiger partial charge in [0, 0.05) is 6.20 Å². The summed E-state index contributed by atoms with van der Waals surface area (Å²) in [4.78, 5) is 4.30. The van der Waals surface area contributed by atoms with E-state index in [1.807, 2.05) is 29.7 Å². The van der Waals surface area contributed by atoms with Crippen molar-refractivity contribution < 1.29 is 0 Å². The zero-order valence-corrected chi connectivity index (χ0v) is 7.70. The molecule has 2 heterocycles. The Kier molecular flexibility index (Phi) is 1.60. The Bertz CT molecular complexity index is 501. The molecule has 0 aromatic carbocycles. The standard InChI is InChI=1S/C11H10N2/c1-4-10-9(3)13-7-8(2)5-6-11(13)12-10/h1,5-7H,2-3H3. The highest BCUT2D eigenvalue weighted by molar-refractivity contribution is 5.48. The molecular formula is C11H10N2. The summed E-state index contributed by atoms with van der Waals surface area (Å²) in [5, 5.41) is 0. The first-order valence-corrected chi connectivity index (χ1v) is 4.14. The number of fused-ring (bicyclic) bond motifs is 1. The van der Waals surface area contributed by atoms with Gasteiger partial charge in [0.1, 0.15) is 11.3 Å². The van der Waals surface area contributed by atoms with E-state index >= 15 is 0 Å². The Morgan fingerprint density at radius 3 is 2.85 bits per heavy atom. The summed E-state index contributed by atoms with van der Waals surface area (Å²) in [6.45, 7) is 4.03. The van der Waals surface area contributed by atoms with Crippen LogP contribution >= 0.6 is 0 Å².